The van der Waals surface area contributed by atoms with Gasteiger partial charge in [-0.25, -0.2) is 4.79 Å². The van der Waals surface area contributed by atoms with Crippen LogP contribution in [0.5, 0.6) is 0 Å². The summed E-state index contributed by atoms with van der Waals surface area (Å²) in [6.45, 7) is 1.87. The molecular formula is C12H14ClNO3. The smallest absolute Gasteiger partial charge is 0.326 e. The standard InChI is InChI=1S/C12H14ClNO3/c1-2-3-10(12(16)17)14-11(15)8-4-6-9(13)7-5-8/h4-7,10H,2-3H2,1H3,(H,14,15)(H,16,17)/t10-/m0/s1. The minimum Gasteiger partial charge on any atom is -0.480 e. The first-order valence-electron chi connectivity index (χ1n) is 5.33. The van der Waals surface area contributed by atoms with Gasteiger partial charge in [0, 0.05) is 10.6 Å². The van der Waals surface area contributed by atoms with E-state index in [0.717, 1.165) is 0 Å². The molecule has 0 spiro atoms. The third kappa shape index (κ3) is 4.07. The minimum atomic E-state index is -1.02. The molecule has 0 unspecified atom stereocenters. The van der Waals surface area contributed by atoms with Crippen LogP contribution in [0.15, 0.2) is 24.3 Å². The Labute approximate surface area is 105 Å². The lowest BCUT2D eigenvalue weighted by molar-refractivity contribution is -0.139. The Morgan fingerprint density at radius 2 is 1.94 bits per heavy atom. The van der Waals surface area contributed by atoms with Gasteiger partial charge in [-0.15, -0.1) is 0 Å². The summed E-state index contributed by atoms with van der Waals surface area (Å²) in [6.07, 6.45) is 1.10. The fourth-order valence-electron chi connectivity index (χ4n) is 1.39. The van der Waals surface area contributed by atoms with Gasteiger partial charge >= 0.3 is 5.97 Å². The number of benzene rings is 1. The van der Waals surface area contributed by atoms with Crippen LogP contribution in [0.4, 0.5) is 0 Å². The highest BCUT2D eigenvalue weighted by Crippen LogP contribution is 2.10. The van der Waals surface area contributed by atoms with Gasteiger partial charge in [-0.3, -0.25) is 4.79 Å². The van der Waals surface area contributed by atoms with Gasteiger partial charge in [0.2, 0.25) is 0 Å². The van der Waals surface area contributed by atoms with Crippen molar-refractivity contribution in [1.29, 1.82) is 0 Å². The maximum Gasteiger partial charge on any atom is 0.326 e. The van der Waals surface area contributed by atoms with Crippen LogP contribution in [0.3, 0.4) is 0 Å². The average Bonchev–Trinajstić information content (AvgIpc) is 2.29. The summed E-state index contributed by atoms with van der Waals surface area (Å²) in [5.74, 6) is -1.42. The topological polar surface area (TPSA) is 66.4 Å². The Hall–Kier alpha value is -1.55. The van der Waals surface area contributed by atoms with E-state index in [0.29, 0.717) is 23.4 Å². The number of aliphatic carboxylic acids is 1. The Morgan fingerprint density at radius 1 is 1.35 bits per heavy atom. The van der Waals surface area contributed by atoms with Gasteiger partial charge in [0.25, 0.3) is 5.91 Å². The first kappa shape index (κ1) is 13.5. The van der Waals surface area contributed by atoms with Gasteiger partial charge in [-0.05, 0) is 30.7 Å². The van der Waals surface area contributed by atoms with Crippen molar-refractivity contribution in [2.75, 3.05) is 0 Å². The number of carboxylic acid groups (broad SMARTS) is 1. The third-order valence-electron chi connectivity index (χ3n) is 2.29. The third-order valence-corrected chi connectivity index (χ3v) is 2.54. The van der Waals surface area contributed by atoms with Crippen LogP contribution in [-0.2, 0) is 4.79 Å². The van der Waals surface area contributed by atoms with Gasteiger partial charge in [-0.1, -0.05) is 24.9 Å². The van der Waals surface area contributed by atoms with Crippen molar-refractivity contribution in [1.82, 2.24) is 5.32 Å². The summed E-state index contributed by atoms with van der Waals surface area (Å²) >= 11 is 5.70. The molecule has 0 aliphatic carbocycles. The fraction of sp³-hybridized carbons (Fsp3) is 0.333. The first-order valence-corrected chi connectivity index (χ1v) is 5.71. The highest BCUT2D eigenvalue weighted by atomic mass is 35.5. The van der Waals surface area contributed by atoms with Crippen LogP contribution in [0.25, 0.3) is 0 Å². The number of halogens is 1. The molecule has 0 radical (unpaired) electrons. The van der Waals surface area contributed by atoms with E-state index in [1.54, 1.807) is 24.3 Å². The molecule has 1 rings (SSSR count). The molecule has 0 aliphatic rings. The van der Waals surface area contributed by atoms with E-state index < -0.39 is 17.9 Å². The van der Waals surface area contributed by atoms with Crippen molar-refractivity contribution >= 4 is 23.5 Å². The molecule has 1 amide bonds. The molecule has 0 aliphatic heterocycles. The van der Waals surface area contributed by atoms with E-state index in [2.05, 4.69) is 5.32 Å². The Kier molecular flexibility index (Phi) is 4.97. The van der Waals surface area contributed by atoms with Gasteiger partial charge in [-0.2, -0.15) is 0 Å². The molecule has 1 aromatic rings. The van der Waals surface area contributed by atoms with E-state index in [9.17, 15) is 9.59 Å². The fourth-order valence-corrected chi connectivity index (χ4v) is 1.51. The van der Waals surface area contributed by atoms with Crippen molar-refractivity contribution in [3.05, 3.63) is 34.9 Å². The number of hydrogen-bond donors (Lipinski definition) is 2. The normalized spacial score (nSPS) is 11.9. The van der Waals surface area contributed by atoms with Crippen LogP contribution < -0.4 is 5.32 Å². The predicted octanol–water partition coefficient (Wildman–Crippen LogP) is 2.32. The number of amides is 1. The van der Waals surface area contributed by atoms with Crippen molar-refractivity contribution in [3.8, 4) is 0 Å². The summed E-state index contributed by atoms with van der Waals surface area (Å²) in [5, 5.41) is 11.9. The zero-order chi connectivity index (χ0) is 12.8. The van der Waals surface area contributed by atoms with Crippen molar-refractivity contribution in [3.63, 3.8) is 0 Å². The maximum absolute atomic E-state index is 11.7. The SMILES string of the molecule is CCC[C@H](NC(=O)c1ccc(Cl)cc1)C(=O)O. The summed E-state index contributed by atoms with van der Waals surface area (Å²) in [4.78, 5) is 22.6. The number of hydrogen-bond acceptors (Lipinski definition) is 2. The second-order valence-corrected chi connectivity index (χ2v) is 4.10. The quantitative estimate of drug-likeness (QED) is 0.849. The summed E-state index contributed by atoms with van der Waals surface area (Å²) in [6, 6.07) is 5.45. The summed E-state index contributed by atoms with van der Waals surface area (Å²) < 4.78 is 0. The molecular weight excluding hydrogens is 242 g/mol. The van der Waals surface area contributed by atoms with Crippen molar-refractivity contribution < 1.29 is 14.7 Å². The molecule has 5 heteroatoms. The van der Waals surface area contributed by atoms with Gasteiger partial charge in [0.15, 0.2) is 0 Å². The number of rotatable bonds is 5. The molecule has 0 heterocycles. The van der Waals surface area contributed by atoms with E-state index in [4.69, 9.17) is 16.7 Å². The van der Waals surface area contributed by atoms with Crippen molar-refractivity contribution in [2.24, 2.45) is 0 Å². The number of carboxylic acids is 1. The van der Waals surface area contributed by atoms with Gasteiger partial charge in [0.05, 0.1) is 0 Å². The average molecular weight is 256 g/mol. The predicted molar refractivity (Wildman–Crippen MR) is 65.3 cm³/mol. The molecule has 0 saturated carbocycles. The zero-order valence-electron chi connectivity index (χ0n) is 9.44. The molecule has 1 aromatic carbocycles. The molecule has 0 fully saturated rings. The highest BCUT2D eigenvalue weighted by molar-refractivity contribution is 6.30. The molecule has 17 heavy (non-hydrogen) atoms. The Morgan fingerprint density at radius 3 is 2.41 bits per heavy atom. The van der Waals surface area contributed by atoms with Gasteiger partial charge < -0.3 is 10.4 Å². The number of carbonyl (C=O) groups excluding carboxylic acids is 1. The lowest BCUT2D eigenvalue weighted by Crippen LogP contribution is -2.40. The molecule has 0 aromatic heterocycles. The molecule has 92 valence electrons. The summed E-state index contributed by atoms with van der Waals surface area (Å²) in [5.41, 5.74) is 0.400. The molecule has 0 bridgehead atoms. The summed E-state index contributed by atoms with van der Waals surface area (Å²) in [7, 11) is 0. The van der Waals surface area contributed by atoms with Crippen molar-refractivity contribution in [2.45, 2.75) is 25.8 Å². The van der Waals surface area contributed by atoms with Crippen LogP contribution in [0.1, 0.15) is 30.1 Å². The van der Waals surface area contributed by atoms with Crippen LogP contribution in [0.2, 0.25) is 5.02 Å². The molecule has 2 N–H and O–H groups in total. The van der Waals surface area contributed by atoms with E-state index in [1.807, 2.05) is 6.92 Å². The van der Waals surface area contributed by atoms with E-state index >= 15 is 0 Å². The lowest BCUT2D eigenvalue weighted by Gasteiger charge is -2.13. The highest BCUT2D eigenvalue weighted by Gasteiger charge is 2.19. The molecule has 0 saturated heterocycles. The largest absolute Gasteiger partial charge is 0.480 e. The second-order valence-electron chi connectivity index (χ2n) is 3.66. The molecule has 4 nitrogen and oxygen atoms in total. The maximum atomic E-state index is 11.7. The first-order chi connectivity index (χ1) is 8.04. The molecule has 1 atom stereocenters. The number of carbonyl (C=O) groups is 2. The Bertz CT molecular complexity index is 403. The van der Waals surface area contributed by atoms with Crippen LogP contribution in [-0.4, -0.2) is 23.0 Å². The monoisotopic (exact) mass is 255 g/mol. The van der Waals surface area contributed by atoms with E-state index in [1.165, 1.54) is 0 Å². The zero-order valence-corrected chi connectivity index (χ0v) is 10.2. The Balaban J connectivity index is 2.70. The minimum absolute atomic E-state index is 0.400. The van der Waals surface area contributed by atoms with Crippen LogP contribution >= 0.6 is 11.6 Å². The lowest BCUT2D eigenvalue weighted by atomic mass is 10.1. The van der Waals surface area contributed by atoms with E-state index in [-0.39, 0.29) is 0 Å². The van der Waals surface area contributed by atoms with Crippen LogP contribution in [0, 0.1) is 0 Å². The van der Waals surface area contributed by atoms with Gasteiger partial charge in [0.1, 0.15) is 6.04 Å². The second kappa shape index (κ2) is 6.25. The number of nitrogens with one attached hydrogen (secondary N) is 1.